The Balaban J connectivity index is 0.838. The molecule has 4 aliphatic heterocycles. The molecule has 1 aromatic heterocycles. The van der Waals surface area contributed by atoms with Crippen molar-refractivity contribution in [2.75, 3.05) is 74.0 Å². The highest BCUT2D eigenvalue weighted by Gasteiger charge is 2.44. The lowest BCUT2D eigenvalue weighted by molar-refractivity contribution is -0.136. The SMILES string of the molecule is COc1cc(N2CCC(CN3CCC[C@@H](Nc4ccc5c(c4)C(=O)N(C4CCC(=O)NC4=O)C5=O)C3)CC2)ccc1Nc1ncc(Cl)c(Nc2ccccc2P(C)C)n1. The van der Waals surface area contributed by atoms with E-state index < -0.39 is 29.7 Å². The number of hydrogen-bond donors (Lipinski definition) is 4. The van der Waals surface area contributed by atoms with Crippen LogP contribution in [0.4, 0.5) is 34.5 Å². The van der Waals surface area contributed by atoms with E-state index in [2.05, 4.69) is 67.6 Å². The molecule has 2 atom stereocenters. The third kappa shape index (κ3) is 8.85. The Bertz CT molecular complexity index is 2270. The highest BCUT2D eigenvalue weighted by atomic mass is 35.5. The van der Waals surface area contributed by atoms with Gasteiger partial charge in [-0.15, -0.1) is 0 Å². The minimum absolute atomic E-state index is 0.0907. The number of aromatic nitrogens is 2. The van der Waals surface area contributed by atoms with Gasteiger partial charge in [-0.25, -0.2) is 4.98 Å². The molecular weight excluding hydrogens is 789 g/mol. The van der Waals surface area contributed by atoms with E-state index in [1.54, 1.807) is 25.4 Å². The van der Waals surface area contributed by atoms with Gasteiger partial charge in [-0.2, -0.15) is 4.98 Å². The van der Waals surface area contributed by atoms with Crippen molar-refractivity contribution >= 4 is 83.0 Å². The van der Waals surface area contributed by atoms with Crippen LogP contribution in [-0.4, -0.2) is 109 Å². The summed E-state index contributed by atoms with van der Waals surface area (Å²) < 4.78 is 5.83. The van der Waals surface area contributed by atoms with E-state index in [1.807, 2.05) is 30.3 Å². The molecule has 5 heterocycles. The molecule has 8 rings (SSSR count). The van der Waals surface area contributed by atoms with Crippen molar-refractivity contribution in [1.82, 2.24) is 25.1 Å². The van der Waals surface area contributed by atoms with Crippen LogP contribution in [0.3, 0.4) is 0 Å². The van der Waals surface area contributed by atoms with Crippen molar-refractivity contribution in [3.8, 4) is 5.75 Å². The van der Waals surface area contributed by atoms with E-state index in [4.69, 9.17) is 21.3 Å². The summed E-state index contributed by atoms with van der Waals surface area (Å²) in [5.74, 6) is 0.219. The fourth-order valence-corrected chi connectivity index (χ4v) is 9.72. The van der Waals surface area contributed by atoms with Crippen molar-refractivity contribution in [3.05, 3.63) is 83.0 Å². The standard InChI is InChI=1S/C43H49ClN9O5P/c1-58-36-22-29(11-13-33(36)48-43-45-23-32(44)39(50-43)47-34-8-4-5-9-37(34)59(2)3)52-19-16-26(17-20-52)24-51-18-6-7-28(25-51)46-27-10-12-30-31(21-27)42(57)53(41(30)56)35-14-15-38(54)49-40(35)55/h4-5,8-13,21-23,26,28,35,46H,6-7,14-20,24-25H2,1-3H3,(H,49,54,55)(H2,45,47,48,50)/t28-,35?/m1/s1. The van der Waals surface area contributed by atoms with Crippen molar-refractivity contribution in [1.29, 1.82) is 0 Å². The number of rotatable bonds is 12. The fraction of sp³-hybridized carbons (Fsp3) is 0.395. The van der Waals surface area contributed by atoms with Gasteiger partial charge in [-0.05, 0) is 99.6 Å². The Hall–Kier alpha value is -5.30. The van der Waals surface area contributed by atoms with E-state index in [0.717, 1.165) is 86.1 Å². The number of ether oxygens (including phenoxy) is 1. The minimum Gasteiger partial charge on any atom is -0.494 e. The van der Waals surface area contributed by atoms with Crippen LogP contribution in [0.5, 0.6) is 5.75 Å². The smallest absolute Gasteiger partial charge is 0.262 e. The molecule has 308 valence electrons. The molecule has 3 saturated heterocycles. The molecule has 4 aliphatic rings. The number of halogens is 1. The van der Waals surface area contributed by atoms with Gasteiger partial charge in [-0.1, -0.05) is 37.7 Å². The molecule has 1 unspecified atom stereocenters. The van der Waals surface area contributed by atoms with Gasteiger partial charge >= 0.3 is 0 Å². The van der Waals surface area contributed by atoms with Crippen molar-refractivity contribution in [2.24, 2.45) is 5.92 Å². The van der Waals surface area contributed by atoms with Gasteiger partial charge < -0.3 is 30.5 Å². The fourth-order valence-electron chi connectivity index (χ4n) is 8.59. The summed E-state index contributed by atoms with van der Waals surface area (Å²) >= 11 is 6.52. The average molecular weight is 838 g/mol. The molecule has 0 saturated carbocycles. The number of likely N-dealkylation sites (tertiary alicyclic amines) is 1. The number of methoxy groups -OCH3 is 1. The number of amides is 4. The number of nitrogens with one attached hydrogen (secondary N) is 4. The zero-order chi connectivity index (χ0) is 41.2. The third-order valence-electron chi connectivity index (χ3n) is 11.6. The molecule has 0 radical (unpaired) electrons. The van der Waals surface area contributed by atoms with E-state index in [9.17, 15) is 19.2 Å². The van der Waals surface area contributed by atoms with Crippen LogP contribution in [0.25, 0.3) is 0 Å². The summed E-state index contributed by atoms with van der Waals surface area (Å²) in [7, 11) is 1.34. The zero-order valence-electron chi connectivity index (χ0n) is 33.5. The monoisotopic (exact) mass is 837 g/mol. The molecule has 4 aromatic rings. The molecular formula is C43H49ClN9O5P. The summed E-state index contributed by atoms with van der Waals surface area (Å²) in [6.45, 7) is 9.28. The highest BCUT2D eigenvalue weighted by molar-refractivity contribution is 7.64. The number of imide groups is 2. The molecule has 0 spiro atoms. The first-order chi connectivity index (χ1) is 28.5. The first-order valence-electron chi connectivity index (χ1n) is 20.1. The van der Waals surface area contributed by atoms with Crippen molar-refractivity contribution in [3.63, 3.8) is 0 Å². The lowest BCUT2D eigenvalue weighted by Crippen LogP contribution is -2.54. The maximum atomic E-state index is 13.4. The normalized spacial score (nSPS) is 20.2. The number of para-hydroxylation sites is 1. The number of anilines is 6. The summed E-state index contributed by atoms with van der Waals surface area (Å²) in [5, 5.41) is 14.3. The third-order valence-corrected chi connectivity index (χ3v) is 13.3. The number of carbonyl (C=O) groups excluding carboxylic acids is 4. The molecule has 59 heavy (non-hydrogen) atoms. The summed E-state index contributed by atoms with van der Waals surface area (Å²) in [6, 6.07) is 18.8. The van der Waals surface area contributed by atoms with E-state index >= 15 is 0 Å². The van der Waals surface area contributed by atoms with Crippen molar-refractivity contribution < 1.29 is 23.9 Å². The molecule has 4 N–H and O–H groups in total. The van der Waals surface area contributed by atoms with Gasteiger partial charge in [0, 0.05) is 61.8 Å². The van der Waals surface area contributed by atoms with E-state index in [-0.39, 0.29) is 37.9 Å². The van der Waals surface area contributed by atoms with Gasteiger partial charge in [0.25, 0.3) is 11.8 Å². The van der Waals surface area contributed by atoms with Gasteiger partial charge in [-0.3, -0.25) is 29.4 Å². The predicted molar refractivity (Wildman–Crippen MR) is 233 cm³/mol. The number of piperidine rings is 3. The number of benzene rings is 3. The zero-order valence-corrected chi connectivity index (χ0v) is 35.1. The lowest BCUT2D eigenvalue weighted by atomic mass is 9.94. The Morgan fingerprint density at radius 3 is 2.47 bits per heavy atom. The van der Waals surface area contributed by atoms with Crippen LogP contribution in [0.15, 0.2) is 66.9 Å². The largest absolute Gasteiger partial charge is 0.494 e. The molecule has 3 aromatic carbocycles. The van der Waals surface area contributed by atoms with Gasteiger partial charge in [0.1, 0.15) is 16.8 Å². The van der Waals surface area contributed by atoms with Crippen LogP contribution >= 0.6 is 19.5 Å². The second kappa shape index (κ2) is 17.5. The van der Waals surface area contributed by atoms with Crippen LogP contribution in [0.2, 0.25) is 5.02 Å². The van der Waals surface area contributed by atoms with E-state index in [0.29, 0.717) is 28.5 Å². The van der Waals surface area contributed by atoms with Crippen LogP contribution in [0.1, 0.15) is 59.2 Å². The number of nitrogens with zero attached hydrogens (tertiary/aromatic N) is 5. The molecule has 14 nitrogen and oxygen atoms in total. The molecule has 3 fully saturated rings. The van der Waals surface area contributed by atoms with Gasteiger partial charge in [0.2, 0.25) is 17.8 Å². The van der Waals surface area contributed by atoms with Crippen LogP contribution in [-0.2, 0) is 9.59 Å². The summed E-state index contributed by atoms with van der Waals surface area (Å²) in [4.78, 5) is 65.7. The van der Waals surface area contributed by atoms with Gasteiger partial charge in [0.15, 0.2) is 5.82 Å². The molecule has 0 bridgehead atoms. The topological polar surface area (TPSA) is 161 Å². The second-order valence-electron chi connectivity index (χ2n) is 15.8. The Morgan fingerprint density at radius 2 is 1.69 bits per heavy atom. The average Bonchev–Trinajstić information content (AvgIpc) is 3.47. The molecule has 16 heteroatoms. The molecule has 0 aliphatic carbocycles. The Kier molecular flexibility index (Phi) is 12.0. The summed E-state index contributed by atoms with van der Waals surface area (Å²) in [6.07, 6.45) is 6.05. The Morgan fingerprint density at radius 1 is 0.898 bits per heavy atom. The lowest BCUT2D eigenvalue weighted by Gasteiger charge is -2.39. The second-order valence-corrected chi connectivity index (χ2v) is 18.5. The summed E-state index contributed by atoms with van der Waals surface area (Å²) in [5.41, 5.74) is 4.19. The maximum Gasteiger partial charge on any atom is 0.262 e. The first-order valence-corrected chi connectivity index (χ1v) is 22.8. The number of fused-ring (bicyclic) bond motifs is 1. The van der Waals surface area contributed by atoms with Crippen LogP contribution in [0, 0.1) is 5.92 Å². The number of hydrogen-bond acceptors (Lipinski definition) is 12. The Labute approximate surface area is 350 Å². The molecule has 4 amide bonds. The highest BCUT2D eigenvalue weighted by Crippen LogP contribution is 2.36. The minimum atomic E-state index is -0.978. The van der Waals surface area contributed by atoms with Crippen molar-refractivity contribution in [2.45, 2.75) is 50.6 Å². The number of carbonyl (C=O) groups is 4. The van der Waals surface area contributed by atoms with E-state index in [1.165, 1.54) is 5.30 Å². The van der Waals surface area contributed by atoms with Crippen LogP contribution < -0.4 is 36.2 Å². The quantitative estimate of drug-likeness (QED) is 0.0949. The maximum absolute atomic E-state index is 13.4. The predicted octanol–water partition coefficient (Wildman–Crippen LogP) is 6.19. The van der Waals surface area contributed by atoms with Gasteiger partial charge in [0.05, 0.1) is 30.1 Å². The first kappa shape index (κ1) is 40.5.